The number of aromatic amines is 1. The Balaban J connectivity index is 1.59. The van der Waals surface area contributed by atoms with Gasteiger partial charge < -0.3 is 9.47 Å². The van der Waals surface area contributed by atoms with Crippen molar-refractivity contribution in [3.05, 3.63) is 35.9 Å². The van der Waals surface area contributed by atoms with Crippen LogP contribution in [0.4, 0.5) is 0 Å². The first-order valence-electron chi connectivity index (χ1n) is 7.38. The van der Waals surface area contributed by atoms with E-state index in [0.29, 0.717) is 12.8 Å². The van der Waals surface area contributed by atoms with Crippen molar-refractivity contribution < 1.29 is 9.47 Å². The molecule has 1 atom stereocenters. The van der Waals surface area contributed by atoms with Gasteiger partial charge in [-0.15, -0.1) is 0 Å². The minimum atomic E-state index is 0.305. The van der Waals surface area contributed by atoms with Gasteiger partial charge in [0, 0.05) is 12.1 Å². The number of rotatable bonds is 3. The Hall–Kier alpha value is -2.08. The number of H-pyrrole nitrogens is 1. The third-order valence-corrected chi connectivity index (χ3v) is 4.21. The lowest BCUT2D eigenvalue weighted by molar-refractivity contribution is 0.131. The maximum Gasteiger partial charge on any atom is 0.231 e. The molecule has 1 fully saturated rings. The Morgan fingerprint density at radius 1 is 1.29 bits per heavy atom. The zero-order valence-corrected chi connectivity index (χ0v) is 11.8. The van der Waals surface area contributed by atoms with E-state index in [-0.39, 0.29) is 0 Å². The van der Waals surface area contributed by atoms with Gasteiger partial charge in [-0.1, -0.05) is 18.6 Å². The number of aromatic nitrogens is 3. The molecule has 6 heteroatoms. The SMILES string of the molecule is c1cc(CN2CCCCC2c2ncn[nH]2)c2c(c1)OCO2. The molecule has 1 N–H and O–H groups in total. The predicted molar refractivity (Wildman–Crippen MR) is 75.9 cm³/mol. The molecule has 1 unspecified atom stereocenters. The van der Waals surface area contributed by atoms with Crippen LogP contribution in [0.1, 0.15) is 36.7 Å². The van der Waals surface area contributed by atoms with Crippen LogP contribution < -0.4 is 9.47 Å². The fraction of sp³-hybridized carbons (Fsp3) is 0.467. The quantitative estimate of drug-likeness (QED) is 0.937. The second-order valence-corrected chi connectivity index (χ2v) is 5.50. The molecule has 1 aromatic carbocycles. The smallest absolute Gasteiger partial charge is 0.231 e. The first-order chi connectivity index (χ1) is 10.4. The normalized spacial score (nSPS) is 21.6. The van der Waals surface area contributed by atoms with Crippen molar-refractivity contribution in [1.82, 2.24) is 20.1 Å². The van der Waals surface area contributed by atoms with Gasteiger partial charge in [-0.05, 0) is 25.5 Å². The standard InChI is InChI=1S/C15H18N4O2/c1-2-7-19(12(5-1)15-16-9-17-18-15)8-11-4-3-6-13-14(11)21-10-20-13/h3-4,6,9,12H,1-2,5,7-8,10H2,(H,16,17,18). The fourth-order valence-corrected chi connectivity index (χ4v) is 3.20. The largest absolute Gasteiger partial charge is 0.454 e. The lowest BCUT2D eigenvalue weighted by Gasteiger charge is -2.34. The molecule has 0 aliphatic carbocycles. The highest BCUT2D eigenvalue weighted by atomic mass is 16.7. The second kappa shape index (κ2) is 5.37. The lowest BCUT2D eigenvalue weighted by atomic mass is 10.0. The number of benzene rings is 1. The van der Waals surface area contributed by atoms with Crippen LogP contribution in [-0.2, 0) is 6.54 Å². The zero-order chi connectivity index (χ0) is 14.1. The van der Waals surface area contributed by atoms with Gasteiger partial charge in [-0.2, -0.15) is 5.10 Å². The number of likely N-dealkylation sites (tertiary alicyclic amines) is 1. The van der Waals surface area contributed by atoms with E-state index in [1.165, 1.54) is 18.4 Å². The fourth-order valence-electron chi connectivity index (χ4n) is 3.20. The van der Waals surface area contributed by atoms with E-state index in [9.17, 15) is 0 Å². The third kappa shape index (κ3) is 2.35. The second-order valence-electron chi connectivity index (χ2n) is 5.50. The molecule has 0 bridgehead atoms. The van der Waals surface area contributed by atoms with Crippen LogP contribution >= 0.6 is 0 Å². The van der Waals surface area contributed by atoms with Crippen molar-refractivity contribution in [2.75, 3.05) is 13.3 Å². The maximum absolute atomic E-state index is 5.61. The average Bonchev–Trinajstić information content (AvgIpc) is 3.20. The van der Waals surface area contributed by atoms with Crippen LogP contribution in [0.25, 0.3) is 0 Å². The van der Waals surface area contributed by atoms with E-state index in [1.807, 2.05) is 12.1 Å². The number of piperidine rings is 1. The number of para-hydroxylation sites is 1. The first-order valence-corrected chi connectivity index (χ1v) is 7.38. The summed E-state index contributed by atoms with van der Waals surface area (Å²) in [5.74, 6) is 2.69. The minimum absolute atomic E-state index is 0.305. The zero-order valence-electron chi connectivity index (χ0n) is 11.8. The Bertz CT molecular complexity index is 614. The summed E-state index contributed by atoms with van der Waals surface area (Å²) in [6, 6.07) is 6.39. The molecular weight excluding hydrogens is 268 g/mol. The molecule has 0 radical (unpaired) electrons. The summed E-state index contributed by atoms with van der Waals surface area (Å²) in [5, 5.41) is 7.01. The molecule has 2 aliphatic heterocycles. The molecular formula is C15H18N4O2. The predicted octanol–water partition coefficient (Wildman–Crippen LogP) is 2.26. The Kier molecular flexibility index (Phi) is 3.23. The van der Waals surface area contributed by atoms with Gasteiger partial charge in [0.15, 0.2) is 11.5 Å². The Labute approximate surface area is 123 Å². The van der Waals surface area contributed by atoms with E-state index in [4.69, 9.17) is 9.47 Å². The van der Waals surface area contributed by atoms with E-state index in [0.717, 1.165) is 36.8 Å². The van der Waals surface area contributed by atoms with Crippen LogP contribution in [0.2, 0.25) is 0 Å². The molecule has 2 aliphatic rings. The van der Waals surface area contributed by atoms with Gasteiger partial charge >= 0.3 is 0 Å². The molecule has 0 saturated carbocycles. The molecule has 110 valence electrons. The minimum Gasteiger partial charge on any atom is -0.454 e. The topological polar surface area (TPSA) is 63.3 Å². The molecule has 2 aromatic rings. The molecule has 21 heavy (non-hydrogen) atoms. The lowest BCUT2D eigenvalue weighted by Crippen LogP contribution is -2.33. The molecule has 1 aromatic heterocycles. The molecule has 0 amide bonds. The van der Waals surface area contributed by atoms with Gasteiger partial charge in [0.2, 0.25) is 6.79 Å². The average molecular weight is 286 g/mol. The van der Waals surface area contributed by atoms with E-state index in [1.54, 1.807) is 6.33 Å². The molecule has 4 rings (SSSR count). The van der Waals surface area contributed by atoms with Crippen molar-refractivity contribution in [2.45, 2.75) is 31.8 Å². The van der Waals surface area contributed by atoms with Crippen molar-refractivity contribution in [1.29, 1.82) is 0 Å². The van der Waals surface area contributed by atoms with Gasteiger partial charge in [-0.25, -0.2) is 4.98 Å². The van der Waals surface area contributed by atoms with E-state index < -0.39 is 0 Å². The highest BCUT2D eigenvalue weighted by Gasteiger charge is 2.28. The highest BCUT2D eigenvalue weighted by Crippen LogP contribution is 2.38. The Morgan fingerprint density at radius 2 is 2.29 bits per heavy atom. The maximum atomic E-state index is 5.61. The number of nitrogens with zero attached hydrogens (tertiary/aromatic N) is 3. The van der Waals surface area contributed by atoms with Gasteiger partial charge in [0.25, 0.3) is 0 Å². The summed E-state index contributed by atoms with van der Waals surface area (Å²) in [7, 11) is 0. The summed E-state index contributed by atoms with van der Waals surface area (Å²) in [6.45, 7) is 2.23. The first kappa shape index (κ1) is 12.6. The summed E-state index contributed by atoms with van der Waals surface area (Å²) in [4.78, 5) is 6.79. The van der Waals surface area contributed by atoms with E-state index >= 15 is 0 Å². The molecule has 0 spiro atoms. The number of hydrogen-bond acceptors (Lipinski definition) is 5. The third-order valence-electron chi connectivity index (χ3n) is 4.21. The number of nitrogens with one attached hydrogen (secondary N) is 1. The Morgan fingerprint density at radius 3 is 3.19 bits per heavy atom. The van der Waals surface area contributed by atoms with Crippen molar-refractivity contribution in [3.8, 4) is 11.5 Å². The summed E-state index contributed by atoms with van der Waals surface area (Å²) in [5.41, 5.74) is 1.18. The van der Waals surface area contributed by atoms with Crippen LogP contribution in [0, 0.1) is 0 Å². The molecule has 3 heterocycles. The molecule has 1 saturated heterocycles. The van der Waals surface area contributed by atoms with Gasteiger partial charge in [-0.3, -0.25) is 10.00 Å². The van der Waals surface area contributed by atoms with Crippen LogP contribution in [0.5, 0.6) is 11.5 Å². The summed E-state index contributed by atoms with van der Waals surface area (Å²) >= 11 is 0. The van der Waals surface area contributed by atoms with Crippen LogP contribution in [0.3, 0.4) is 0 Å². The van der Waals surface area contributed by atoms with Crippen molar-refractivity contribution in [2.24, 2.45) is 0 Å². The van der Waals surface area contributed by atoms with Crippen molar-refractivity contribution in [3.63, 3.8) is 0 Å². The summed E-state index contributed by atoms with van der Waals surface area (Å²) in [6.07, 6.45) is 5.15. The summed E-state index contributed by atoms with van der Waals surface area (Å²) < 4.78 is 11.1. The van der Waals surface area contributed by atoms with Gasteiger partial charge in [0.1, 0.15) is 12.2 Å². The monoisotopic (exact) mass is 286 g/mol. The van der Waals surface area contributed by atoms with E-state index in [2.05, 4.69) is 26.1 Å². The highest BCUT2D eigenvalue weighted by molar-refractivity contribution is 5.48. The molecule has 6 nitrogen and oxygen atoms in total. The van der Waals surface area contributed by atoms with Crippen LogP contribution in [0.15, 0.2) is 24.5 Å². The van der Waals surface area contributed by atoms with Crippen molar-refractivity contribution >= 4 is 0 Å². The number of ether oxygens (including phenoxy) is 2. The number of fused-ring (bicyclic) bond motifs is 1. The number of hydrogen-bond donors (Lipinski definition) is 1. The van der Waals surface area contributed by atoms with Crippen LogP contribution in [-0.4, -0.2) is 33.4 Å². The van der Waals surface area contributed by atoms with Gasteiger partial charge in [0.05, 0.1) is 6.04 Å².